The van der Waals surface area contributed by atoms with Crippen LogP contribution in [0.1, 0.15) is 44.0 Å². The number of rotatable bonds is 7. The number of benzene rings is 1. The molecular formula is C18H22N4O3S. The minimum absolute atomic E-state index is 0.00613. The molecule has 2 amide bonds. The Bertz CT molecular complexity index is 788. The number of anilines is 2. The van der Waals surface area contributed by atoms with E-state index in [4.69, 9.17) is 4.74 Å². The highest BCUT2D eigenvalue weighted by molar-refractivity contribution is 7.15. The standard InChI is InChI=1S/C18H22N4O3S/c1-3-12(4-2)17-20-21-18(26-17)19-15(23)9-10-22-13-7-5-6-8-14(13)25-11-16(22)24/h5-8,12H,3-4,9-11H2,1-2H3,(H,19,21,23). The molecule has 138 valence electrons. The molecule has 0 saturated heterocycles. The molecule has 0 bridgehead atoms. The van der Waals surface area contributed by atoms with E-state index in [0.29, 0.717) is 29.0 Å². The Kier molecular flexibility index (Phi) is 5.82. The van der Waals surface area contributed by atoms with E-state index in [0.717, 1.165) is 17.8 Å². The molecule has 0 fully saturated rings. The average Bonchev–Trinajstić information content (AvgIpc) is 3.10. The van der Waals surface area contributed by atoms with Crippen LogP contribution in [0.4, 0.5) is 10.8 Å². The van der Waals surface area contributed by atoms with Crippen molar-refractivity contribution in [1.82, 2.24) is 10.2 Å². The van der Waals surface area contributed by atoms with Gasteiger partial charge in [-0.2, -0.15) is 0 Å². The summed E-state index contributed by atoms with van der Waals surface area (Å²) in [4.78, 5) is 26.0. The SMILES string of the molecule is CCC(CC)c1nnc(NC(=O)CCN2C(=O)COc3ccccc32)s1. The Morgan fingerprint density at radius 1 is 1.31 bits per heavy atom. The van der Waals surface area contributed by atoms with Crippen molar-refractivity contribution in [2.75, 3.05) is 23.4 Å². The molecule has 0 saturated carbocycles. The average molecular weight is 374 g/mol. The van der Waals surface area contributed by atoms with Gasteiger partial charge in [0.2, 0.25) is 11.0 Å². The first-order valence-electron chi connectivity index (χ1n) is 8.77. The number of aromatic nitrogens is 2. The number of nitrogens with one attached hydrogen (secondary N) is 1. The largest absolute Gasteiger partial charge is 0.482 e. The van der Waals surface area contributed by atoms with E-state index < -0.39 is 0 Å². The van der Waals surface area contributed by atoms with Crippen LogP contribution in [0, 0.1) is 0 Å². The van der Waals surface area contributed by atoms with Crippen molar-refractivity contribution in [2.24, 2.45) is 0 Å². The Balaban J connectivity index is 1.59. The Morgan fingerprint density at radius 3 is 2.85 bits per heavy atom. The van der Waals surface area contributed by atoms with Crippen LogP contribution in [-0.2, 0) is 9.59 Å². The van der Waals surface area contributed by atoms with E-state index in [9.17, 15) is 9.59 Å². The van der Waals surface area contributed by atoms with Crippen molar-refractivity contribution in [2.45, 2.75) is 39.0 Å². The second-order valence-electron chi connectivity index (χ2n) is 6.06. The van der Waals surface area contributed by atoms with E-state index in [2.05, 4.69) is 29.4 Å². The van der Waals surface area contributed by atoms with E-state index >= 15 is 0 Å². The van der Waals surface area contributed by atoms with E-state index in [-0.39, 0.29) is 24.8 Å². The van der Waals surface area contributed by atoms with Gasteiger partial charge in [-0.1, -0.05) is 37.3 Å². The quantitative estimate of drug-likeness (QED) is 0.804. The third-order valence-corrected chi connectivity index (χ3v) is 5.39. The molecule has 2 aromatic rings. The highest BCUT2D eigenvalue weighted by atomic mass is 32.1. The summed E-state index contributed by atoms with van der Waals surface area (Å²) in [5, 5.41) is 12.5. The smallest absolute Gasteiger partial charge is 0.265 e. The number of para-hydroxylation sites is 2. The van der Waals surface area contributed by atoms with Crippen molar-refractivity contribution < 1.29 is 14.3 Å². The van der Waals surface area contributed by atoms with Gasteiger partial charge in [0.1, 0.15) is 10.8 Å². The van der Waals surface area contributed by atoms with Gasteiger partial charge in [0.25, 0.3) is 5.91 Å². The van der Waals surface area contributed by atoms with Crippen LogP contribution in [0.5, 0.6) is 5.75 Å². The number of carbonyl (C=O) groups is 2. The fraction of sp³-hybridized carbons (Fsp3) is 0.444. The third-order valence-electron chi connectivity index (χ3n) is 4.39. The first kappa shape index (κ1) is 18.3. The predicted molar refractivity (Wildman–Crippen MR) is 101 cm³/mol. The molecule has 0 atom stereocenters. The van der Waals surface area contributed by atoms with Gasteiger partial charge in [0, 0.05) is 18.9 Å². The van der Waals surface area contributed by atoms with E-state index in [1.165, 1.54) is 11.3 Å². The highest BCUT2D eigenvalue weighted by Crippen LogP contribution is 2.31. The summed E-state index contributed by atoms with van der Waals surface area (Å²) in [6.07, 6.45) is 2.18. The lowest BCUT2D eigenvalue weighted by atomic mass is 10.1. The fourth-order valence-corrected chi connectivity index (χ4v) is 3.91. The second kappa shape index (κ2) is 8.27. The van der Waals surface area contributed by atoms with E-state index in [1.807, 2.05) is 24.3 Å². The molecule has 2 heterocycles. The van der Waals surface area contributed by atoms with Crippen molar-refractivity contribution in [3.8, 4) is 5.75 Å². The van der Waals surface area contributed by atoms with Gasteiger partial charge in [-0.3, -0.25) is 9.59 Å². The molecule has 0 spiro atoms. The van der Waals surface area contributed by atoms with Crippen LogP contribution in [0.15, 0.2) is 24.3 Å². The lowest BCUT2D eigenvalue weighted by Gasteiger charge is -2.29. The molecular weight excluding hydrogens is 352 g/mol. The number of fused-ring (bicyclic) bond motifs is 1. The zero-order chi connectivity index (χ0) is 18.5. The topological polar surface area (TPSA) is 84.4 Å². The van der Waals surface area contributed by atoms with Gasteiger partial charge in [-0.25, -0.2) is 0 Å². The predicted octanol–water partition coefficient (Wildman–Crippen LogP) is 3.20. The summed E-state index contributed by atoms with van der Waals surface area (Å²) in [6.45, 7) is 4.52. The molecule has 0 radical (unpaired) electrons. The first-order valence-corrected chi connectivity index (χ1v) is 9.59. The summed E-state index contributed by atoms with van der Waals surface area (Å²) in [6, 6.07) is 7.33. The van der Waals surface area contributed by atoms with E-state index in [1.54, 1.807) is 4.90 Å². The maximum atomic E-state index is 12.3. The maximum absolute atomic E-state index is 12.3. The van der Waals surface area contributed by atoms with Crippen LogP contribution >= 0.6 is 11.3 Å². The van der Waals surface area contributed by atoms with Crippen molar-refractivity contribution in [1.29, 1.82) is 0 Å². The summed E-state index contributed by atoms with van der Waals surface area (Å²) in [5.74, 6) is 0.699. The minimum atomic E-state index is -0.186. The summed E-state index contributed by atoms with van der Waals surface area (Å²) >= 11 is 1.41. The summed E-state index contributed by atoms with van der Waals surface area (Å²) < 4.78 is 5.41. The van der Waals surface area contributed by atoms with Crippen molar-refractivity contribution >= 4 is 34.0 Å². The first-order chi connectivity index (χ1) is 12.6. The summed E-state index contributed by atoms with van der Waals surface area (Å²) in [7, 11) is 0. The zero-order valence-corrected chi connectivity index (χ0v) is 15.7. The molecule has 1 aromatic carbocycles. The van der Waals surface area contributed by atoms with Gasteiger partial charge < -0.3 is 15.0 Å². The normalized spacial score (nSPS) is 13.5. The van der Waals surface area contributed by atoms with Gasteiger partial charge >= 0.3 is 0 Å². The number of ether oxygens (including phenoxy) is 1. The Hall–Kier alpha value is -2.48. The Morgan fingerprint density at radius 2 is 2.08 bits per heavy atom. The molecule has 7 nitrogen and oxygen atoms in total. The number of hydrogen-bond donors (Lipinski definition) is 1. The van der Waals surface area contributed by atoms with Crippen molar-refractivity contribution in [3.05, 3.63) is 29.3 Å². The van der Waals surface area contributed by atoms with Gasteiger partial charge in [-0.15, -0.1) is 10.2 Å². The van der Waals surface area contributed by atoms with Crippen LogP contribution in [-0.4, -0.2) is 35.2 Å². The number of nitrogens with zero attached hydrogens (tertiary/aromatic N) is 3. The number of amides is 2. The molecule has 1 aromatic heterocycles. The molecule has 1 aliphatic heterocycles. The third kappa shape index (κ3) is 4.01. The van der Waals surface area contributed by atoms with Crippen LogP contribution in [0.3, 0.4) is 0 Å². The van der Waals surface area contributed by atoms with Gasteiger partial charge in [0.05, 0.1) is 5.69 Å². The molecule has 3 rings (SSSR count). The highest BCUT2D eigenvalue weighted by Gasteiger charge is 2.25. The number of carbonyl (C=O) groups excluding carboxylic acids is 2. The molecule has 1 N–H and O–H groups in total. The van der Waals surface area contributed by atoms with Gasteiger partial charge in [-0.05, 0) is 25.0 Å². The lowest BCUT2D eigenvalue weighted by molar-refractivity contribution is -0.121. The van der Waals surface area contributed by atoms with Gasteiger partial charge in [0.15, 0.2) is 6.61 Å². The van der Waals surface area contributed by atoms with Crippen LogP contribution < -0.4 is 15.0 Å². The van der Waals surface area contributed by atoms with Crippen LogP contribution in [0.25, 0.3) is 0 Å². The fourth-order valence-electron chi connectivity index (χ4n) is 2.88. The molecule has 1 aliphatic rings. The summed E-state index contributed by atoms with van der Waals surface area (Å²) in [5.41, 5.74) is 0.698. The number of hydrogen-bond acceptors (Lipinski definition) is 6. The molecule has 26 heavy (non-hydrogen) atoms. The lowest BCUT2D eigenvalue weighted by Crippen LogP contribution is -2.40. The monoisotopic (exact) mass is 374 g/mol. The van der Waals surface area contributed by atoms with Crippen molar-refractivity contribution in [3.63, 3.8) is 0 Å². The second-order valence-corrected chi connectivity index (χ2v) is 7.07. The zero-order valence-electron chi connectivity index (χ0n) is 14.9. The molecule has 0 unspecified atom stereocenters. The minimum Gasteiger partial charge on any atom is -0.482 e. The molecule has 8 heteroatoms. The Labute approximate surface area is 156 Å². The molecule has 0 aliphatic carbocycles. The maximum Gasteiger partial charge on any atom is 0.265 e. The van der Waals surface area contributed by atoms with Crippen LogP contribution in [0.2, 0.25) is 0 Å².